The number of aliphatic hydroxyl groups is 1. The Morgan fingerprint density at radius 2 is 1.86 bits per heavy atom. The van der Waals surface area contributed by atoms with Crippen LogP contribution in [0.2, 0.25) is 0 Å². The largest absolute Gasteiger partial charge is 0.386 e. The van der Waals surface area contributed by atoms with Gasteiger partial charge in [-0.25, -0.2) is 0 Å². The molecule has 0 unspecified atom stereocenters. The molecule has 0 aromatic heterocycles. The number of benzene rings is 1. The summed E-state index contributed by atoms with van der Waals surface area (Å²) in [5.74, 6) is 0.639. The van der Waals surface area contributed by atoms with Crippen molar-refractivity contribution in [1.82, 2.24) is 4.90 Å². The molecule has 1 rings (SSSR count). The van der Waals surface area contributed by atoms with E-state index in [1.165, 1.54) is 6.42 Å². The molecular weight excluding hydrogens is 274 g/mol. The van der Waals surface area contributed by atoms with Crippen LogP contribution < -0.4 is 0 Å². The van der Waals surface area contributed by atoms with E-state index >= 15 is 0 Å². The van der Waals surface area contributed by atoms with Crippen LogP contribution in [0.1, 0.15) is 51.7 Å². The van der Waals surface area contributed by atoms with Gasteiger partial charge >= 0.3 is 0 Å². The average molecular weight is 303 g/mol. The molecule has 22 heavy (non-hydrogen) atoms. The van der Waals surface area contributed by atoms with Gasteiger partial charge in [-0.1, -0.05) is 56.7 Å². The van der Waals surface area contributed by atoms with Gasteiger partial charge in [0.15, 0.2) is 0 Å². The summed E-state index contributed by atoms with van der Waals surface area (Å²) in [4.78, 5) is 13.7. The number of allylic oxidation sites excluding steroid dienone is 1. The van der Waals surface area contributed by atoms with Crippen molar-refractivity contribution in [3.05, 3.63) is 48.0 Å². The Morgan fingerprint density at radius 3 is 2.45 bits per heavy atom. The number of carbonyl (C=O) groups excluding carboxylic acids is 1. The van der Waals surface area contributed by atoms with Gasteiger partial charge in [-0.15, -0.1) is 0 Å². The van der Waals surface area contributed by atoms with Gasteiger partial charge in [0.25, 0.3) is 0 Å². The number of hydrogen-bond donors (Lipinski definition) is 1. The number of rotatable bonds is 8. The summed E-state index contributed by atoms with van der Waals surface area (Å²) in [6.45, 7) is 6.27. The first-order valence-corrected chi connectivity index (χ1v) is 8.09. The van der Waals surface area contributed by atoms with Gasteiger partial charge in [-0.2, -0.15) is 0 Å². The van der Waals surface area contributed by atoms with Gasteiger partial charge < -0.3 is 10.0 Å². The molecule has 1 aromatic carbocycles. The maximum Gasteiger partial charge on any atom is 0.246 e. The molecule has 1 N–H and O–H groups in total. The molecule has 1 aromatic rings. The van der Waals surface area contributed by atoms with Gasteiger partial charge in [0.05, 0.1) is 12.1 Å². The molecule has 0 spiro atoms. The number of amides is 1. The fourth-order valence-corrected chi connectivity index (χ4v) is 2.29. The lowest BCUT2D eigenvalue weighted by Crippen LogP contribution is -2.38. The highest BCUT2D eigenvalue weighted by atomic mass is 16.3. The van der Waals surface area contributed by atoms with Gasteiger partial charge in [0, 0.05) is 7.05 Å². The van der Waals surface area contributed by atoms with Crippen LogP contribution in [0, 0.1) is 5.92 Å². The molecule has 122 valence electrons. The predicted octanol–water partition coefficient (Wildman–Crippen LogP) is 3.95. The molecule has 0 bridgehead atoms. The second-order valence-corrected chi connectivity index (χ2v) is 6.27. The maximum absolute atomic E-state index is 12.1. The smallest absolute Gasteiger partial charge is 0.246 e. The molecule has 0 saturated carbocycles. The number of nitrogens with zero attached hydrogens (tertiary/aromatic N) is 1. The average Bonchev–Trinajstić information content (AvgIpc) is 2.52. The third-order valence-corrected chi connectivity index (χ3v) is 3.97. The van der Waals surface area contributed by atoms with Crippen molar-refractivity contribution in [2.75, 3.05) is 7.05 Å². The molecule has 3 heteroatoms. The van der Waals surface area contributed by atoms with Crippen LogP contribution >= 0.6 is 0 Å². The van der Waals surface area contributed by atoms with E-state index in [-0.39, 0.29) is 11.9 Å². The van der Waals surface area contributed by atoms with E-state index < -0.39 is 6.10 Å². The first-order chi connectivity index (χ1) is 10.4. The zero-order valence-corrected chi connectivity index (χ0v) is 14.2. The lowest BCUT2D eigenvalue weighted by molar-refractivity contribution is -0.128. The van der Waals surface area contributed by atoms with Crippen LogP contribution in [0.5, 0.6) is 0 Å². The van der Waals surface area contributed by atoms with E-state index in [2.05, 4.69) is 13.8 Å². The Morgan fingerprint density at radius 1 is 1.23 bits per heavy atom. The maximum atomic E-state index is 12.1. The summed E-state index contributed by atoms with van der Waals surface area (Å²) in [7, 11) is 1.73. The van der Waals surface area contributed by atoms with Crippen LogP contribution in [-0.4, -0.2) is 29.0 Å². The number of unbranched alkanes of at least 4 members (excludes halogenated alkanes) is 1. The summed E-state index contributed by atoms with van der Waals surface area (Å²) in [5, 5.41) is 10.4. The van der Waals surface area contributed by atoms with E-state index in [1.807, 2.05) is 43.3 Å². The number of aliphatic hydroxyl groups excluding tert-OH is 1. The van der Waals surface area contributed by atoms with Crippen molar-refractivity contribution in [2.45, 2.75) is 52.2 Å². The number of carbonyl (C=O) groups is 1. The molecule has 0 aliphatic rings. The van der Waals surface area contributed by atoms with Crippen molar-refractivity contribution in [2.24, 2.45) is 5.92 Å². The van der Waals surface area contributed by atoms with Gasteiger partial charge in [0.2, 0.25) is 5.91 Å². The first kappa shape index (κ1) is 18.4. The highest BCUT2D eigenvalue weighted by molar-refractivity contribution is 5.87. The van der Waals surface area contributed by atoms with Crippen LogP contribution in [0.15, 0.2) is 42.5 Å². The monoisotopic (exact) mass is 303 g/mol. The van der Waals surface area contributed by atoms with Crippen molar-refractivity contribution < 1.29 is 9.90 Å². The highest BCUT2D eigenvalue weighted by Crippen LogP contribution is 2.20. The quantitative estimate of drug-likeness (QED) is 0.583. The van der Waals surface area contributed by atoms with Crippen molar-refractivity contribution in [1.29, 1.82) is 0 Å². The number of hydrogen-bond acceptors (Lipinski definition) is 2. The lowest BCUT2D eigenvalue weighted by atomic mass is 10.0. The van der Waals surface area contributed by atoms with Crippen molar-refractivity contribution in [3.8, 4) is 0 Å². The van der Waals surface area contributed by atoms with Crippen molar-refractivity contribution >= 4 is 5.91 Å². The highest BCUT2D eigenvalue weighted by Gasteiger charge is 2.22. The Labute approximate surface area is 134 Å². The van der Waals surface area contributed by atoms with E-state index in [0.717, 1.165) is 18.4 Å². The fourth-order valence-electron chi connectivity index (χ4n) is 2.29. The zero-order valence-electron chi connectivity index (χ0n) is 14.2. The van der Waals surface area contributed by atoms with E-state index in [4.69, 9.17) is 0 Å². The van der Waals surface area contributed by atoms with Gasteiger partial charge in [-0.05, 0) is 37.3 Å². The molecular formula is C19H29NO2. The molecule has 0 radical (unpaired) electrons. The summed E-state index contributed by atoms with van der Waals surface area (Å²) < 4.78 is 0. The van der Waals surface area contributed by atoms with Crippen LogP contribution in [0.4, 0.5) is 0 Å². The molecule has 0 saturated heterocycles. The lowest BCUT2D eigenvalue weighted by Gasteiger charge is -2.28. The summed E-state index contributed by atoms with van der Waals surface area (Å²) in [6, 6.07) is 9.18. The second-order valence-electron chi connectivity index (χ2n) is 6.27. The minimum atomic E-state index is -0.676. The molecule has 1 amide bonds. The standard InChI is InChI=1S/C19H29NO2/c1-15(2)11-7-5-10-14-18(21)20(4)16(3)19(22)17-12-8-6-9-13-17/h6,8-10,12-16,19,22H,5,7,11H2,1-4H3/b14-10+/t16-,19+/m1/s1. The summed E-state index contributed by atoms with van der Waals surface area (Å²) in [5.41, 5.74) is 0.829. The third kappa shape index (κ3) is 6.02. The Balaban J connectivity index is 2.49. The topological polar surface area (TPSA) is 40.5 Å². The van der Waals surface area contributed by atoms with Gasteiger partial charge in [0.1, 0.15) is 0 Å². The van der Waals surface area contributed by atoms with Crippen molar-refractivity contribution in [3.63, 3.8) is 0 Å². The van der Waals surface area contributed by atoms with Gasteiger partial charge in [-0.3, -0.25) is 4.79 Å². The van der Waals surface area contributed by atoms with E-state index in [9.17, 15) is 9.90 Å². The fraction of sp³-hybridized carbons (Fsp3) is 0.526. The zero-order chi connectivity index (χ0) is 16.5. The van der Waals surface area contributed by atoms with E-state index in [0.29, 0.717) is 5.92 Å². The molecule has 2 atom stereocenters. The van der Waals surface area contributed by atoms with Crippen LogP contribution in [-0.2, 0) is 4.79 Å². The van der Waals surface area contributed by atoms with Crippen LogP contribution in [0.3, 0.4) is 0 Å². The minimum absolute atomic E-state index is 0.0629. The Kier molecular flexibility index (Phi) is 7.89. The summed E-state index contributed by atoms with van der Waals surface area (Å²) in [6.07, 6.45) is 6.08. The Hall–Kier alpha value is -1.61. The molecule has 0 fully saturated rings. The predicted molar refractivity (Wildman–Crippen MR) is 91.5 cm³/mol. The first-order valence-electron chi connectivity index (χ1n) is 8.09. The molecule has 0 aliphatic carbocycles. The Bertz CT molecular complexity index is 468. The normalized spacial score (nSPS) is 14.3. The van der Waals surface area contributed by atoms with Crippen LogP contribution in [0.25, 0.3) is 0 Å². The second kappa shape index (κ2) is 9.42. The minimum Gasteiger partial charge on any atom is -0.386 e. The third-order valence-electron chi connectivity index (χ3n) is 3.97. The SMILES string of the molecule is CC(C)CCC/C=C/C(=O)N(C)[C@H](C)[C@H](O)c1ccccc1. The molecule has 3 nitrogen and oxygen atoms in total. The molecule has 0 aliphatic heterocycles. The summed E-state index contributed by atoms with van der Waals surface area (Å²) >= 11 is 0. The molecule has 0 heterocycles. The number of likely N-dealkylation sites (N-methyl/N-ethyl adjacent to an activating group) is 1. The van der Waals surface area contributed by atoms with E-state index in [1.54, 1.807) is 18.0 Å².